The molecule has 1 aliphatic rings. The van der Waals surface area contributed by atoms with Crippen LogP contribution < -0.4 is 5.32 Å². The first kappa shape index (κ1) is 18.3. The van der Waals surface area contributed by atoms with Crippen molar-refractivity contribution in [1.29, 1.82) is 0 Å². The van der Waals surface area contributed by atoms with E-state index in [-0.39, 0.29) is 17.5 Å². The molecule has 25 heavy (non-hydrogen) atoms. The van der Waals surface area contributed by atoms with Gasteiger partial charge >= 0.3 is 0 Å². The standard InChI is InChI=1S/C16H15BrClFN4OS/c1-22-7-8(13-12(17)14(18)21-23(13)2)11(16(22)25)15(24)20-10-6-4-3-5-9(10)19/h3-6,8,11H,7H2,1-2H3,(H,20,24)/t8?,11-/m0/s1. The summed E-state index contributed by atoms with van der Waals surface area (Å²) in [6.45, 7) is 0.544. The van der Waals surface area contributed by atoms with Gasteiger partial charge in [-0.15, -0.1) is 0 Å². The van der Waals surface area contributed by atoms with E-state index in [0.717, 1.165) is 5.69 Å². The lowest BCUT2D eigenvalue weighted by Gasteiger charge is -2.18. The molecule has 2 aromatic rings. The topological polar surface area (TPSA) is 50.2 Å². The SMILES string of the molecule is CN1CC(c2c(Br)c(Cl)nn2C)[C@@H](C(=O)Nc2ccccc2F)C1=S. The average Bonchev–Trinajstić information content (AvgIpc) is 2.98. The summed E-state index contributed by atoms with van der Waals surface area (Å²) in [6, 6.07) is 6.04. The highest BCUT2D eigenvalue weighted by molar-refractivity contribution is 9.10. The number of carbonyl (C=O) groups is 1. The number of benzene rings is 1. The quantitative estimate of drug-likeness (QED) is 0.734. The molecule has 1 amide bonds. The second-order valence-corrected chi connectivity index (χ2v) is 7.45. The molecule has 1 unspecified atom stereocenters. The average molecular weight is 446 g/mol. The van der Waals surface area contributed by atoms with E-state index in [1.165, 1.54) is 12.1 Å². The van der Waals surface area contributed by atoms with Gasteiger partial charge in [0.05, 0.1) is 26.8 Å². The lowest BCUT2D eigenvalue weighted by Crippen LogP contribution is -2.32. The summed E-state index contributed by atoms with van der Waals surface area (Å²) in [4.78, 5) is 15.2. The molecule has 1 saturated heterocycles. The van der Waals surface area contributed by atoms with Crippen LogP contribution in [0.25, 0.3) is 0 Å². The predicted molar refractivity (Wildman–Crippen MR) is 102 cm³/mol. The van der Waals surface area contributed by atoms with Crippen molar-refractivity contribution in [2.24, 2.45) is 13.0 Å². The number of aryl methyl sites for hydroxylation is 1. The summed E-state index contributed by atoms with van der Waals surface area (Å²) in [5.41, 5.74) is 0.913. The zero-order chi connectivity index (χ0) is 18.3. The Kier molecular flexibility index (Phi) is 5.13. The maximum absolute atomic E-state index is 13.9. The van der Waals surface area contributed by atoms with Crippen LogP contribution in [0.3, 0.4) is 0 Å². The maximum atomic E-state index is 13.9. The Balaban J connectivity index is 1.95. The Morgan fingerprint density at radius 3 is 2.72 bits per heavy atom. The van der Waals surface area contributed by atoms with Crippen LogP contribution in [-0.4, -0.2) is 39.2 Å². The minimum absolute atomic E-state index is 0.130. The largest absolute Gasteiger partial charge is 0.368 e. The maximum Gasteiger partial charge on any atom is 0.235 e. The Hall–Kier alpha value is -1.51. The monoisotopic (exact) mass is 444 g/mol. The van der Waals surface area contributed by atoms with Crippen molar-refractivity contribution >= 4 is 56.3 Å². The number of amides is 1. The van der Waals surface area contributed by atoms with Crippen LogP contribution >= 0.6 is 39.7 Å². The van der Waals surface area contributed by atoms with E-state index in [4.69, 9.17) is 23.8 Å². The fraction of sp³-hybridized carbons (Fsp3) is 0.312. The van der Waals surface area contributed by atoms with Gasteiger partial charge in [-0.25, -0.2) is 4.39 Å². The van der Waals surface area contributed by atoms with Crippen LogP contribution in [0.2, 0.25) is 5.15 Å². The van der Waals surface area contributed by atoms with Gasteiger partial charge in [0.15, 0.2) is 5.15 Å². The molecule has 3 rings (SSSR count). The number of carbonyl (C=O) groups excluding carboxylic acids is 1. The van der Waals surface area contributed by atoms with Gasteiger partial charge in [0.25, 0.3) is 0 Å². The molecule has 1 aromatic heterocycles. The van der Waals surface area contributed by atoms with E-state index in [1.54, 1.807) is 23.9 Å². The molecule has 1 aliphatic heterocycles. The minimum atomic E-state index is -0.623. The van der Waals surface area contributed by atoms with Gasteiger partial charge in [0.2, 0.25) is 5.91 Å². The lowest BCUT2D eigenvalue weighted by atomic mass is 9.91. The molecule has 1 aromatic carbocycles. The van der Waals surface area contributed by atoms with Crippen molar-refractivity contribution < 1.29 is 9.18 Å². The first-order valence-electron chi connectivity index (χ1n) is 7.49. The Bertz CT molecular complexity index is 859. The zero-order valence-electron chi connectivity index (χ0n) is 13.5. The van der Waals surface area contributed by atoms with E-state index in [9.17, 15) is 9.18 Å². The normalized spacial score (nSPS) is 20.2. The molecular weight excluding hydrogens is 431 g/mol. The minimum Gasteiger partial charge on any atom is -0.368 e. The summed E-state index contributed by atoms with van der Waals surface area (Å²) < 4.78 is 16.1. The van der Waals surface area contributed by atoms with Gasteiger partial charge in [-0.05, 0) is 28.1 Å². The molecule has 2 atom stereocenters. The number of halogens is 3. The molecule has 1 fully saturated rings. The summed E-state index contributed by atoms with van der Waals surface area (Å²) in [5, 5.41) is 7.15. The highest BCUT2D eigenvalue weighted by atomic mass is 79.9. The summed E-state index contributed by atoms with van der Waals surface area (Å²) in [5.74, 6) is -1.71. The first-order valence-corrected chi connectivity index (χ1v) is 9.07. The van der Waals surface area contributed by atoms with Crippen LogP contribution in [-0.2, 0) is 11.8 Å². The van der Waals surface area contributed by atoms with Crippen LogP contribution in [0.1, 0.15) is 11.6 Å². The summed E-state index contributed by atoms with van der Waals surface area (Å²) >= 11 is 15.0. The molecule has 0 spiro atoms. The molecule has 132 valence electrons. The van der Waals surface area contributed by atoms with Crippen LogP contribution in [0, 0.1) is 11.7 Å². The molecule has 0 saturated carbocycles. The molecule has 2 heterocycles. The number of nitrogens with one attached hydrogen (secondary N) is 1. The Morgan fingerprint density at radius 1 is 1.44 bits per heavy atom. The number of nitrogens with zero attached hydrogens (tertiary/aromatic N) is 3. The third kappa shape index (κ3) is 3.30. The number of hydrogen-bond acceptors (Lipinski definition) is 3. The number of anilines is 1. The number of hydrogen-bond donors (Lipinski definition) is 1. The Morgan fingerprint density at radius 2 is 2.12 bits per heavy atom. The third-order valence-electron chi connectivity index (χ3n) is 4.27. The number of aromatic nitrogens is 2. The first-order chi connectivity index (χ1) is 11.8. The molecule has 0 bridgehead atoms. The van der Waals surface area contributed by atoms with Crippen molar-refractivity contribution in [3.63, 3.8) is 0 Å². The fourth-order valence-electron chi connectivity index (χ4n) is 3.09. The van der Waals surface area contributed by atoms with Gasteiger partial charge in [-0.2, -0.15) is 5.10 Å². The summed E-state index contributed by atoms with van der Waals surface area (Å²) in [6.07, 6.45) is 0. The van der Waals surface area contributed by atoms with E-state index in [1.807, 2.05) is 11.9 Å². The third-order valence-corrected chi connectivity index (χ3v) is 6.11. The second-order valence-electron chi connectivity index (χ2n) is 5.89. The van der Waals surface area contributed by atoms with Crippen molar-refractivity contribution in [3.05, 3.63) is 45.4 Å². The lowest BCUT2D eigenvalue weighted by molar-refractivity contribution is -0.118. The van der Waals surface area contributed by atoms with Gasteiger partial charge < -0.3 is 10.2 Å². The number of likely N-dealkylation sites (tertiary alicyclic amines) is 1. The Labute approximate surface area is 163 Å². The van der Waals surface area contributed by atoms with Gasteiger partial charge in [-0.1, -0.05) is 36.0 Å². The van der Waals surface area contributed by atoms with E-state index >= 15 is 0 Å². The zero-order valence-corrected chi connectivity index (χ0v) is 16.6. The van der Waals surface area contributed by atoms with Gasteiger partial charge in [0, 0.05) is 26.6 Å². The van der Waals surface area contributed by atoms with Crippen LogP contribution in [0.4, 0.5) is 10.1 Å². The predicted octanol–water partition coefficient (Wildman–Crippen LogP) is 3.59. The molecular formula is C16H15BrClFN4OS. The van der Waals surface area contributed by atoms with Gasteiger partial charge in [-0.3, -0.25) is 9.48 Å². The van der Waals surface area contributed by atoms with E-state index in [0.29, 0.717) is 21.2 Å². The number of rotatable bonds is 3. The highest BCUT2D eigenvalue weighted by Crippen LogP contribution is 2.40. The molecule has 0 aliphatic carbocycles. The van der Waals surface area contributed by atoms with Crippen molar-refractivity contribution in [1.82, 2.24) is 14.7 Å². The van der Waals surface area contributed by atoms with Gasteiger partial charge in [0.1, 0.15) is 5.82 Å². The van der Waals surface area contributed by atoms with Crippen molar-refractivity contribution in [2.45, 2.75) is 5.92 Å². The van der Waals surface area contributed by atoms with Crippen LogP contribution in [0.5, 0.6) is 0 Å². The number of para-hydroxylation sites is 1. The van der Waals surface area contributed by atoms with E-state index in [2.05, 4.69) is 26.3 Å². The molecule has 5 nitrogen and oxygen atoms in total. The number of thiocarbonyl (C=S) groups is 1. The van der Waals surface area contributed by atoms with Crippen molar-refractivity contribution in [3.8, 4) is 0 Å². The fourth-order valence-corrected chi connectivity index (χ4v) is 4.28. The second kappa shape index (κ2) is 7.01. The molecule has 9 heteroatoms. The highest BCUT2D eigenvalue weighted by Gasteiger charge is 2.44. The molecule has 0 radical (unpaired) electrons. The smallest absolute Gasteiger partial charge is 0.235 e. The number of likely N-dealkylation sites (N-methyl/N-ethyl adjacent to an activating group) is 1. The van der Waals surface area contributed by atoms with Crippen LogP contribution in [0.15, 0.2) is 28.7 Å². The van der Waals surface area contributed by atoms with E-state index < -0.39 is 11.7 Å². The van der Waals surface area contributed by atoms with Crippen molar-refractivity contribution in [2.75, 3.05) is 18.9 Å². The summed E-state index contributed by atoms with van der Waals surface area (Å²) in [7, 11) is 3.59. The molecule has 1 N–H and O–H groups in total.